The van der Waals surface area contributed by atoms with Gasteiger partial charge >= 0.3 is 0 Å². The van der Waals surface area contributed by atoms with Crippen LogP contribution in [-0.2, 0) is 4.74 Å². The Morgan fingerprint density at radius 2 is 2.21 bits per heavy atom. The Morgan fingerprint density at radius 3 is 2.79 bits per heavy atom. The summed E-state index contributed by atoms with van der Waals surface area (Å²) in [5.74, 6) is 0.729. The second kappa shape index (κ2) is 6.20. The first-order valence-corrected chi connectivity index (χ1v) is 5.68. The van der Waals surface area contributed by atoms with E-state index in [-0.39, 0.29) is 0 Å². The second-order valence-electron chi connectivity index (χ2n) is 4.57. The molecule has 0 fully saturated rings. The minimum absolute atomic E-state index is 0.394. The van der Waals surface area contributed by atoms with Gasteiger partial charge in [0.25, 0.3) is 0 Å². The number of rotatable bonds is 5. The van der Waals surface area contributed by atoms with Gasteiger partial charge in [0.2, 0.25) is 0 Å². The van der Waals surface area contributed by atoms with Gasteiger partial charge in [-0.25, -0.2) is 0 Å². The van der Waals surface area contributed by atoms with Crippen LogP contribution < -0.4 is 5.32 Å². The molecule has 2 heteroatoms. The highest BCUT2D eigenvalue weighted by Gasteiger charge is 2.07. The van der Waals surface area contributed by atoms with E-state index in [1.807, 2.05) is 0 Å². The second-order valence-corrected chi connectivity index (χ2v) is 4.57. The van der Waals surface area contributed by atoms with Crippen molar-refractivity contribution in [2.45, 2.75) is 39.7 Å². The highest BCUT2D eigenvalue weighted by Crippen LogP contribution is 2.11. The lowest BCUT2D eigenvalue weighted by Gasteiger charge is -2.18. The van der Waals surface area contributed by atoms with Crippen molar-refractivity contribution in [3.63, 3.8) is 0 Å². The van der Waals surface area contributed by atoms with Crippen molar-refractivity contribution < 1.29 is 4.74 Å². The molecule has 1 N–H and O–H groups in total. The lowest BCUT2D eigenvalue weighted by atomic mass is 10.1. The molecular weight excluding hydrogens is 174 g/mol. The average molecular weight is 197 g/mol. The zero-order valence-electron chi connectivity index (χ0n) is 9.68. The maximum absolute atomic E-state index is 5.80. The van der Waals surface area contributed by atoms with E-state index in [4.69, 9.17) is 4.74 Å². The fourth-order valence-electron chi connectivity index (χ4n) is 1.78. The van der Waals surface area contributed by atoms with E-state index in [9.17, 15) is 0 Å². The number of hydrogen-bond donors (Lipinski definition) is 1. The van der Waals surface area contributed by atoms with Gasteiger partial charge in [0.05, 0.1) is 12.7 Å². The first-order valence-electron chi connectivity index (χ1n) is 5.68. The standard InChI is InChI=1S/C12H23NO/c1-10(2)8-11(3)14-9-12-4-6-13-7-5-12/h4,10-11,13H,5-9H2,1-3H3. The van der Waals surface area contributed by atoms with Crippen LogP contribution in [0, 0.1) is 5.92 Å². The molecule has 0 aromatic carbocycles. The molecule has 0 aromatic rings. The summed E-state index contributed by atoms with van der Waals surface area (Å²) < 4.78 is 5.80. The Bertz CT molecular complexity index is 187. The van der Waals surface area contributed by atoms with Crippen molar-refractivity contribution >= 4 is 0 Å². The van der Waals surface area contributed by atoms with Crippen molar-refractivity contribution in [3.8, 4) is 0 Å². The Balaban J connectivity index is 2.15. The summed E-state index contributed by atoms with van der Waals surface area (Å²) in [6, 6.07) is 0. The molecule has 0 amide bonds. The monoisotopic (exact) mass is 197 g/mol. The first-order chi connectivity index (χ1) is 6.68. The predicted molar refractivity (Wildman–Crippen MR) is 60.4 cm³/mol. The van der Waals surface area contributed by atoms with Gasteiger partial charge in [-0.2, -0.15) is 0 Å². The fourth-order valence-corrected chi connectivity index (χ4v) is 1.78. The largest absolute Gasteiger partial charge is 0.374 e. The maximum Gasteiger partial charge on any atom is 0.0681 e. The van der Waals surface area contributed by atoms with Gasteiger partial charge in [0.1, 0.15) is 0 Å². The van der Waals surface area contributed by atoms with Crippen LogP contribution in [0.1, 0.15) is 33.6 Å². The minimum atomic E-state index is 0.394. The zero-order chi connectivity index (χ0) is 10.4. The third kappa shape index (κ3) is 4.77. The molecule has 0 aromatic heterocycles. The van der Waals surface area contributed by atoms with Crippen LogP contribution in [0.2, 0.25) is 0 Å². The molecule has 0 aliphatic carbocycles. The van der Waals surface area contributed by atoms with Crippen molar-refractivity contribution in [3.05, 3.63) is 11.6 Å². The van der Waals surface area contributed by atoms with Crippen LogP contribution in [-0.4, -0.2) is 25.8 Å². The van der Waals surface area contributed by atoms with Crippen molar-refractivity contribution in [1.29, 1.82) is 0 Å². The molecule has 0 saturated heterocycles. The molecule has 1 atom stereocenters. The average Bonchev–Trinajstić information content (AvgIpc) is 2.15. The van der Waals surface area contributed by atoms with Crippen LogP contribution in [0.3, 0.4) is 0 Å². The van der Waals surface area contributed by atoms with Crippen LogP contribution >= 0.6 is 0 Å². The predicted octanol–water partition coefficient (Wildman–Crippen LogP) is 2.36. The normalized spacial score (nSPS) is 19.6. The number of hydrogen-bond acceptors (Lipinski definition) is 2. The first kappa shape index (κ1) is 11.7. The van der Waals surface area contributed by atoms with E-state index in [2.05, 4.69) is 32.2 Å². The van der Waals surface area contributed by atoms with E-state index in [0.29, 0.717) is 6.10 Å². The molecule has 1 unspecified atom stereocenters. The fraction of sp³-hybridized carbons (Fsp3) is 0.833. The van der Waals surface area contributed by atoms with Crippen molar-refractivity contribution in [1.82, 2.24) is 5.32 Å². The Morgan fingerprint density at radius 1 is 1.43 bits per heavy atom. The van der Waals surface area contributed by atoms with Crippen molar-refractivity contribution in [2.24, 2.45) is 5.92 Å². The molecule has 0 saturated carbocycles. The van der Waals surface area contributed by atoms with Crippen LogP contribution in [0.5, 0.6) is 0 Å². The van der Waals surface area contributed by atoms with Crippen LogP contribution in [0.4, 0.5) is 0 Å². The Hall–Kier alpha value is -0.340. The number of ether oxygens (including phenoxy) is 1. The van der Waals surface area contributed by atoms with E-state index in [1.54, 1.807) is 0 Å². The van der Waals surface area contributed by atoms with E-state index in [1.165, 1.54) is 5.57 Å². The smallest absolute Gasteiger partial charge is 0.0681 e. The summed E-state index contributed by atoms with van der Waals surface area (Å²) in [7, 11) is 0. The van der Waals surface area contributed by atoms with Gasteiger partial charge in [-0.15, -0.1) is 0 Å². The van der Waals surface area contributed by atoms with Gasteiger partial charge < -0.3 is 10.1 Å². The van der Waals surface area contributed by atoms with Gasteiger partial charge in [-0.05, 0) is 37.8 Å². The quantitative estimate of drug-likeness (QED) is 0.683. The highest BCUT2D eigenvalue weighted by molar-refractivity contribution is 5.07. The lowest BCUT2D eigenvalue weighted by Crippen LogP contribution is -2.23. The van der Waals surface area contributed by atoms with Crippen molar-refractivity contribution in [2.75, 3.05) is 19.7 Å². The minimum Gasteiger partial charge on any atom is -0.374 e. The molecule has 1 aliphatic heterocycles. The third-order valence-corrected chi connectivity index (χ3v) is 2.51. The molecule has 1 aliphatic rings. The molecule has 0 radical (unpaired) electrons. The van der Waals surface area contributed by atoms with Crippen LogP contribution in [0.15, 0.2) is 11.6 Å². The topological polar surface area (TPSA) is 21.3 Å². The highest BCUT2D eigenvalue weighted by atomic mass is 16.5. The molecule has 14 heavy (non-hydrogen) atoms. The SMILES string of the molecule is CC(C)CC(C)OCC1=CCNCC1. The number of nitrogens with one attached hydrogen (secondary N) is 1. The van der Waals surface area contributed by atoms with Crippen LogP contribution in [0.25, 0.3) is 0 Å². The van der Waals surface area contributed by atoms with Gasteiger partial charge in [-0.3, -0.25) is 0 Å². The molecule has 0 spiro atoms. The summed E-state index contributed by atoms with van der Waals surface area (Å²) >= 11 is 0. The molecular formula is C12H23NO. The summed E-state index contributed by atoms with van der Waals surface area (Å²) in [6.07, 6.45) is 4.96. The Kier molecular flexibility index (Phi) is 5.20. The van der Waals surface area contributed by atoms with Gasteiger partial charge in [-0.1, -0.05) is 19.9 Å². The summed E-state index contributed by atoms with van der Waals surface area (Å²) in [4.78, 5) is 0. The Labute approximate surface area is 87.7 Å². The molecule has 1 heterocycles. The van der Waals surface area contributed by atoms with E-state index >= 15 is 0 Å². The third-order valence-electron chi connectivity index (χ3n) is 2.51. The summed E-state index contributed by atoms with van der Waals surface area (Å²) in [6.45, 7) is 9.59. The molecule has 82 valence electrons. The maximum atomic E-state index is 5.80. The molecule has 0 bridgehead atoms. The van der Waals surface area contributed by atoms with Gasteiger partial charge in [0, 0.05) is 6.54 Å². The molecule has 2 nitrogen and oxygen atoms in total. The summed E-state index contributed by atoms with van der Waals surface area (Å²) in [5, 5.41) is 3.30. The molecule has 1 rings (SSSR count). The van der Waals surface area contributed by atoms with Gasteiger partial charge in [0.15, 0.2) is 0 Å². The summed E-state index contributed by atoms with van der Waals surface area (Å²) in [5.41, 5.74) is 1.46. The lowest BCUT2D eigenvalue weighted by molar-refractivity contribution is 0.0663. The van der Waals surface area contributed by atoms with E-state index in [0.717, 1.165) is 38.5 Å². The zero-order valence-corrected chi connectivity index (χ0v) is 9.68. The van der Waals surface area contributed by atoms with E-state index < -0.39 is 0 Å².